The van der Waals surface area contributed by atoms with E-state index in [2.05, 4.69) is 31.8 Å². The second-order valence-corrected chi connectivity index (χ2v) is 22.9. The minimum Gasteiger partial charge on any atom is -0.491 e. The minimum atomic E-state index is -1.91. The first kappa shape index (κ1) is 63.9. The van der Waals surface area contributed by atoms with Crippen LogP contribution in [0.4, 0.5) is 36.2 Å². The van der Waals surface area contributed by atoms with Gasteiger partial charge in [0.25, 0.3) is 11.4 Å². The number of nitro groups is 2. The molecule has 86 heavy (non-hydrogen) atoms. The van der Waals surface area contributed by atoms with E-state index in [0.29, 0.717) is 34.9 Å². The number of hydrogen-bond donors (Lipinski definition) is 9. The van der Waals surface area contributed by atoms with Crippen molar-refractivity contribution >= 4 is 47.3 Å². The van der Waals surface area contributed by atoms with Gasteiger partial charge in [-0.05, 0) is 130 Å². The largest absolute Gasteiger partial charge is 0.491 e. The van der Waals surface area contributed by atoms with Gasteiger partial charge in [-0.25, -0.2) is 19.2 Å². The first-order valence-electron chi connectivity index (χ1n) is 27.9. The van der Waals surface area contributed by atoms with Crippen LogP contribution in [0.3, 0.4) is 0 Å². The van der Waals surface area contributed by atoms with Crippen molar-refractivity contribution in [3.63, 3.8) is 0 Å². The van der Waals surface area contributed by atoms with Gasteiger partial charge in [0, 0.05) is 56.2 Å². The summed E-state index contributed by atoms with van der Waals surface area (Å²) in [6, 6.07) is 12.6. The average molecular weight is 1210 g/mol. The Labute approximate surface area is 492 Å². The monoisotopic (exact) mass is 1210 g/mol. The average Bonchev–Trinajstić information content (AvgIpc) is 1.53. The molecule has 0 spiro atoms. The number of aliphatic hydroxyl groups excluding tert-OH is 3. The number of hydrogen-bond acceptors (Lipinski definition) is 23. The van der Waals surface area contributed by atoms with Gasteiger partial charge < -0.3 is 80.2 Å². The van der Waals surface area contributed by atoms with E-state index >= 15 is 0 Å². The number of ether oxygens (including phenoxy) is 7. The fourth-order valence-corrected chi connectivity index (χ4v) is 10.7. The molecule has 3 aliphatic carbocycles. The van der Waals surface area contributed by atoms with Crippen molar-refractivity contribution in [1.82, 2.24) is 31.5 Å². The highest BCUT2D eigenvalue weighted by atomic mass is 16.7. The Morgan fingerprint density at radius 2 is 1.37 bits per heavy atom. The molecule has 12 atom stereocenters. The number of alkyl carbamates (subject to hydrolysis) is 3. The Hall–Kier alpha value is -8.13. The van der Waals surface area contributed by atoms with E-state index < -0.39 is 131 Å². The van der Waals surface area contributed by atoms with Crippen LogP contribution in [0.25, 0.3) is 0 Å². The molecule has 3 aromatic carbocycles. The van der Waals surface area contributed by atoms with Crippen LogP contribution in [0, 0.1) is 37.0 Å². The Morgan fingerprint density at radius 3 is 1.92 bits per heavy atom. The molecule has 0 aromatic heterocycles. The number of benzene rings is 3. The number of carbonyl (C=O) groups excluding carboxylic acids is 5. The third-order valence-corrected chi connectivity index (χ3v) is 15.6. The number of fused-ring (bicyclic) bond motifs is 1. The molecule has 1 unspecified atom stereocenters. The fraction of sp³-hybridized carbons (Fsp3) is 0.554. The summed E-state index contributed by atoms with van der Waals surface area (Å²) < 4.78 is 41.2. The Balaban J connectivity index is 1.08. The van der Waals surface area contributed by atoms with Gasteiger partial charge in [-0.2, -0.15) is 0 Å². The molecule has 9 N–H and O–H groups in total. The van der Waals surface area contributed by atoms with E-state index in [1.54, 1.807) is 26.8 Å². The second-order valence-electron chi connectivity index (χ2n) is 22.9. The lowest BCUT2D eigenvalue weighted by Crippen LogP contribution is -2.70. The lowest BCUT2D eigenvalue weighted by Gasteiger charge is -2.51. The maximum atomic E-state index is 14.2. The number of likely N-dealkylation sites (N-methyl/N-ethyl adjacent to an activating group) is 1. The van der Waals surface area contributed by atoms with E-state index in [1.807, 2.05) is 0 Å². The molecule has 4 fully saturated rings. The van der Waals surface area contributed by atoms with Crippen LogP contribution in [-0.2, 0) is 57.8 Å². The first-order chi connectivity index (χ1) is 40.9. The highest BCUT2D eigenvalue weighted by Crippen LogP contribution is 2.58. The topological polar surface area (TPSA) is 410 Å². The summed E-state index contributed by atoms with van der Waals surface area (Å²) in [5, 5.41) is 87.6. The predicted molar refractivity (Wildman–Crippen MR) is 297 cm³/mol. The SMILES string of the molecule is CN(C(=O)OC(C)(C)C)[C@@]12C[C@]1(O)CO[C@H](O[C@@H]1[C@@H](O)[C@H](C3OC(CNCC4CC4)=CC[C@H]3NC(=O)OCc3ccc([N+](=O)[O-])cc3)[C@@H](NC(=O)OCc3ccc(N=O)cc3)C[C@H]1NC(=O)[C@@H](O)CCNC(=O)OCc1ccc([N+](=O)[O-])cc1)[C@@H]2O. The van der Waals surface area contributed by atoms with Crippen LogP contribution in [0.2, 0.25) is 0 Å². The number of rotatable bonds is 24. The molecular formula is C56H71N9O21. The smallest absolute Gasteiger partial charge is 0.410 e. The number of nitroso groups, excluding NO2 is 1. The summed E-state index contributed by atoms with van der Waals surface area (Å²) in [4.78, 5) is 102. The molecule has 2 aliphatic heterocycles. The molecule has 0 radical (unpaired) electrons. The maximum absolute atomic E-state index is 14.2. The van der Waals surface area contributed by atoms with E-state index in [-0.39, 0.29) is 69.2 Å². The molecule has 5 amide bonds. The molecule has 3 saturated carbocycles. The van der Waals surface area contributed by atoms with Crippen LogP contribution in [0.5, 0.6) is 0 Å². The predicted octanol–water partition coefficient (Wildman–Crippen LogP) is 3.85. The number of carbonyl (C=O) groups is 5. The molecule has 8 rings (SSSR count). The zero-order chi connectivity index (χ0) is 62.1. The van der Waals surface area contributed by atoms with E-state index in [4.69, 9.17) is 33.2 Å². The van der Waals surface area contributed by atoms with Gasteiger partial charge in [-0.15, -0.1) is 4.91 Å². The van der Waals surface area contributed by atoms with Gasteiger partial charge in [0.1, 0.15) is 72.4 Å². The standard InChI is InChI=1S/C56H71N9O21/c1-54(2,3)86-53(73)63(4)56-29-55(56,74)30-83-49(47(56)68)85-46-41(59-48(69)42(66)21-22-58-50(70)80-26-33-9-15-36(16-10-33)64(76)77)23-40(61-52(72)82-27-32-7-13-35(62-75)14-8-32)43(44(46)67)45-39(20-19-38(84-45)25-57-24-31-5-6-31)60-51(71)81-28-34-11-17-37(18-12-34)65(78)79/h7-19,31,39-47,49,57,66-68,74H,5-6,20-30H2,1-4H3,(H,58,70)(H,59,69)(H,60,71)(H,61,72)/t39-,40+,41-,42+,43-,44+,45?,46+,47+,49-,55+,56-/m1/s1. The molecule has 3 aromatic rings. The molecule has 1 saturated heterocycles. The van der Waals surface area contributed by atoms with Crippen LogP contribution in [0.15, 0.2) is 89.8 Å². The maximum Gasteiger partial charge on any atom is 0.410 e. The zero-order valence-electron chi connectivity index (χ0n) is 47.6. The molecule has 5 aliphatic rings. The summed E-state index contributed by atoms with van der Waals surface area (Å²) in [6.07, 6.45) is -11.4. The highest BCUT2D eigenvalue weighted by molar-refractivity contribution is 5.81. The molecule has 0 bridgehead atoms. The van der Waals surface area contributed by atoms with Gasteiger partial charge in [0.05, 0.1) is 41.2 Å². The van der Waals surface area contributed by atoms with Crippen molar-refractivity contribution < 1.29 is 87.4 Å². The number of amides is 5. The summed E-state index contributed by atoms with van der Waals surface area (Å²) in [5.74, 6) is -1.59. The second kappa shape index (κ2) is 27.5. The van der Waals surface area contributed by atoms with Gasteiger partial charge in [0.2, 0.25) is 5.91 Å². The molecule has 466 valence electrons. The van der Waals surface area contributed by atoms with Crippen LogP contribution >= 0.6 is 0 Å². The van der Waals surface area contributed by atoms with Crippen molar-refractivity contribution in [2.24, 2.45) is 17.0 Å². The third-order valence-electron chi connectivity index (χ3n) is 15.6. The van der Waals surface area contributed by atoms with E-state index in [0.717, 1.165) is 17.7 Å². The van der Waals surface area contributed by atoms with E-state index in [1.165, 1.54) is 79.8 Å². The van der Waals surface area contributed by atoms with Gasteiger partial charge in [-0.1, -0.05) is 12.1 Å². The Bertz CT molecular complexity index is 2960. The highest BCUT2D eigenvalue weighted by Gasteiger charge is 2.78. The van der Waals surface area contributed by atoms with Crippen LogP contribution < -0.4 is 26.6 Å². The first-order valence-corrected chi connectivity index (χ1v) is 27.9. The lowest BCUT2D eigenvalue weighted by molar-refractivity contribution is -0.385. The number of nitrogens with zero attached hydrogens (tertiary/aromatic N) is 4. The van der Waals surface area contributed by atoms with Crippen LogP contribution in [0.1, 0.15) is 76.0 Å². The van der Waals surface area contributed by atoms with Crippen molar-refractivity contribution in [2.75, 3.05) is 33.3 Å². The lowest BCUT2D eigenvalue weighted by atomic mass is 9.72. The van der Waals surface area contributed by atoms with Gasteiger partial charge in [0.15, 0.2) is 6.29 Å². The Kier molecular flexibility index (Phi) is 20.4. The minimum absolute atomic E-state index is 0.0584. The van der Waals surface area contributed by atoms with Crippen LogP contribution in [-0.4, -0.2) is 170 Å². The number of aliphatic hydroxyl groups is 4. The van der Waals surface area contributed by atoms with Crippen molar-refractivity contribution in [3.05, 3.63) is 126 Å². The molecule has 30 heteroatoms. The van der Waals surface area contributed by atoms with Gasteiger partial charge in [-0.3, -0.25) is 29.9 Å². The molecular weight excluding hydrogens is 1130 g/mol. The molecule has 2 heterocycles. The number of nitro benzene ring substituents is 2. The summed E-state index contributed by atoms with van der Waals surface area (Å²) in [5.41, 5.74) is -3.47. The quantitative estimate of drug-likeness (QED) is 0.0266. The summed E-state index contributed by atoms with van der Waals surface area (Å²) in [7, 11) is 1.32. The zero-order valence-corrected chi connectivity index (χ0v) is 47.6. The number of nitrogens with one attached hydrogen (secondary N) is 5. The summed E-state index contributed by atoms with van der Waals surface area (Å²) >= 11 is 0. The normalized spacial score (nSPS) is 27.0. The number of non-ortho nitro benzene ring substituents is 2. The van der Waals surface area contributed by atoms with Crippen molar-refractivity contribution in [3.8, 4) is 0 Å². The fourth-order valence-electron chi connectivity index (χ4n) is 10.7. The molecule has 30 nitrogen and oxygen atoms in total. The van der Waals surface area contributed by atoms with E-state index in [9.17, 15) is 69.5 Å². The van der Waals surface area contributed by atoms with Crippen molar-refractivity contribution in [2.45, 2.75) is 151 Å². The summed E-state index contributed by atoms with van der Waals surface area (Å²) in [6.45, 7) is 4.02. The Morgan fingerprint density at radius 1 is 0.814 bits per heavy atom. The van der Waals surface area contributed by atoms with Gasteiger partial charge >= 0.3 is 24.4 Å². The van der Waals surface area contributed by atoms with Crippen molar-refractivity contribution in [1.29, 1.82) is 0 Å². The third kappa shape index (κ3) is 16.0.